The van der Waals surface area contributed by atoms with Gasteiger partial charge in [0.05, 0.1) is 0 Å². The summed E-state index contributed by atoms with van der Waals surface area (Å²) in [5, 5.41) is 9.10. The van der Waals surface area contributed by atoms with E-state index in [9.17, 15) is 0 Å². The van der Waals surface area contributed by atoms with Gasteiger partial charge in [-0.25, -0.2) is 0 Å². The maximum atomic E-state index is 5.42. The molecule has 0 bridgehead atoms. The molecule has 166 valence electrons. The molecule has 0 saturated carbocycles. The Morgan fingerprint density at radius 3 is 0.606 bits per heavy atom. The largest absolute Gasteiger partial charge is 0.780 e. The summed E-state index contributed by atoms with van der Waals surface area (Å²) in [6.45, 7) is 0. The van der Waals surface area contributed by atoms with E-state index in [1.54, 1.807) is 0 Å². The fourth-order valence-electron chi connectivity index (χ4n) is 4.15. The molecule has 6 aromatic carbocycles. The summed E-state index contributed by atoms with van der Waals surface area (Å²) in [4.78, 5) is 3.18. The van der Waals surface area contributed by atoms with Gasteiger partial charge in [-0.05, 0) is 43.1 Å². The molecule has 0 spiro atoms. The maximum absolute atomic E-state index is 5.42. The zero-order chi connectivity index (χ0) is 22.2. The Morgan fingerprint density at radius 2 is 0.424 bits per heavy atom. The second-order valence-electron chi connectivity index (χ2n) is 7.50. The van der Waals surface area contributed by atoms with Gasteiger partial charge in [0.1, 0.15) is 0 Å². The molecule has 0 radical (unpaired) electrons. The SMILES string of the molecule is [Ni].[S-]c1c([S-])c2ccccc2c2ccccc12.[S-]c1c([S-])c2ccccc2c2ccccc12. The molecule has 0 unspecified atom stereocenters. The van der Waals surface area contributed by atoms with E-state index in [4.69, 9.17) is 50.5 Å². The minimum absolute atomic E-state index is 0. The maximum Gasteiger partial charge on any atom is 0 e. The Labute approximate surface area is 225 Å². The predicted octanol–water partition coefficient (Wildman–Crippen LogP) is 7.61. The number of hydrogen-bond donors (Lipinski definition) is 0. The number of benzene rings is 6. The van der Waals surface area contributed by atoms with Gasteiger partial charge in [0, 0.05) is 16.5 Å². The van der Waals surface area contributed by atoms with E-state index in [1.165, 1.54) is 21.5 Å². The monoisotopic (exact) mass is 538 g/mol. The van der Waals surface area contributed by atoms with Crippen LogP contribution < -0.4 is 0 Å². The smallest absolute Gasteiger partial charge is 0 e. The summed E-state index contributed by atoms with van der Waals surface area (Å²) in [6.07, 6.45) is 0. The molecule has 0 aromatic heterocycles. The van der Waals surface area contributed by atoms with Gasteiger partial charge in [0.25, 0.3) is 0 Å². The van der Waals surface area contributed by atoms with Crippen LogP contribution in [0.2, 0.25) is 0 Å². The minimum Gasteiger partial charge on any atom is -0.780 e. The summed E-state index contributed by atoms with van der Waals surface area (Å²) in [6, 6.07) is 32.7. The van der Waals surface area contributed by atoms with Crippen LogP contribution in [0.5, 0.6) is 0 Å². The van der Waals surface area contributed by atoms with Crippen molar-refractivity contribution < 1.29 is 16.5 Å². The van der Waals surface area contributed by atoms with Gasteiger partial charge in [0.15, 0.2) is 0 Å². The topological polar surface area (TPSA) is 0 Å². The minimum atomic E-state index is 0. The van der Waals surface area contributed by atoms with Crippen LogP contribution in [-0.2, 0) is 67.0 Å². The van der Waals surface area contributed by atoms with Gasteiger partial charge in [0.2, 0.25) is 0 Å². The van der Waals surface area contributed by atoms with Crippen LogP contribution >= 0.6 is 0 Å². The van der Waals surface area contributed by atoms with Gasteiger partial charge < -0.3 is 50.5 Å². The molecule has 0 N–H and O–H groups in total. The third kappa shape index (κ3) is 4.21. The van der Waals surface area contributed by atoms with Gasteiger partial charge >= 0.3 is 0 Å². The van der Waals surface area contributed by atoms with Gasteiger partial charge in [-0.2, -0.15) is 19.6 Å². The van der Waals surface area contributed by atoms with Crippen molar-refractivity contribution in [3.05, 3.63) is 97.1 Å². The van der Waals surface area contributed by atoms with Gasteiger partial charge in [-0.3, -0.25) is 0 Å². The summed E-state index contributed by atoms with van der Waals surface area (Å²) in [7, 11) is 0. The zero-order valence-corrected chi connectivity index (χ0v) is 21.4. The Morgan fingerprint density at radius 1 is 0.273 bits per heavy atom. The van der Waals surface area contributed by atoms with Crippen LogP contribution in [0.4, 0.5) is 0 Å². The predicted molar refractivity (Wildman–Crippen MR) is 145 cm³/mol. The molecule has 0 nitrogen and oxygen atoms in total. The molecular weight excluding hydrogens is 523 g/mol. The van der Waals surface area contributed by atoms with Crippen LogP contribution in [0.3, 0.4) is 0 Å². The van der Waals surface area contributed by atoms with Crippen molar-refractivity contribution in [2.75, 3.05) is 0 Å². The van der Waals surface area contributed by atoms with E-state index in [2.05, 4.69) is 24.3 Å². The molecule has 0 aliphatic rings. The van der Waals surface area contributed by atoms with Crippen molar-refractivity contribution in [3.8, 4) is 0 Å². The quantitative estimate of drug-likeness (QED) is 0.111. The first-order valence-electron chi connectivity index (χ1n) is 10.1. The third-order valence-electron chi connectivity index (χ3n) is 5.68. The molecule has 6 aromatic rings. The third-order valence-corrected chi connectivity index (χ3v) is 7.63. The van der Waals surface area contributed by atoms with E-state index in [-0.39, 0.29) is 16.5 Å². The summed E-state index contributed by atoms with van der Waals surface area (Å²) >= 11 is 21.7. The number of hydrogen-bond acceptors (Lipinski definition) is 4. The molecule has 0 fully saturated rings. The molecule has 0 aliphatic carbocycles. The fourth-order valence-corrected chi connectivity index (χ4v) is 5.31. The van der Waals surface area contributed by atoms with Gasteiger partial charge in [-0.1, -0.05) is 97.1 Å². The first-order chi connectivity index (χ1) is 15.6. The second-order valence-corrected chi connectivity index (χ2v) is 9.13. The van der Waals surface area contributed by atoms with Crippen LogP contribution in [0.15, 0.2) is 117 Å². The van der Waals surface area contributed by atoms with E-state index in [1.807, 2.05) is 72.8 Å². The second kappa shape index (κ2) is 9.92. The summed E-state index contributed by atoms with van der Waals surface area (Å²) in [5.41, 5.74) is 0. The van der Waals surface area contributed by atoms with E-state index in [0.717, 1.165) is 41.1 Å². The molecule has 0 amide bonds. The van der Waals surface area contributed by atoms with Crippen molar-refractivity contribution in [2.24, 2.45) is 0 Å². The van der Waals surface area contributed by atoms with Crippen LogP contribution in [-0.4, -0.2) is 0 Å². The molecule has 33 heavy (non-hydrogen) atoms. The Balaban J connectivity index is 0.000000152. The van der Waals surface area contributed by atoms with Crippen molar-refractivity contribution in [2.45, 2.75) is 19.6 Å². The van der Waals surface area contributed by atoms with E-state index >= 15 is 0 Å². The Hall–Kier alpha value is -2.27. The number of fused-ring (bicyclic) bond motifs is 6. The van der Waals surface area contributed by atoms with E-state index in [0.29, 0.717) is 0 Å². The van der Waals surface area contributed by atoms with Crippen molar-refractivity contribution in [1.82, 2.24) is 0 Å². The standard InChI is InChI=1S/2C14H10S2.Ni/c2*15-13-11-7-3-1-5-9(11)10-6-2-4-8-12(10)14(13)16;/h2*1-8,15-16H;/p-4. The number of rotatable bonds is 0. The molecule has 6 rings (SSSR count). The fraction of sp³-hybridized carbons (Fsp3) is 0. The average molecular weight is 539 g/mol. The normalized spacial score (nSPS) is 10.7. The molecular formula is C28H16NiS4-4. The van der Waals surface area contributed by atoms with E-state index < -0.39 is 0 Å². The van der Waals surface area contributed by atoms with Crippen molar-refractivity contribution in [1.29, 1.82) is 0 Å². The molecule has 0 atom stereocenters. The van der Waals surface area contributed by atoms with Crippen LogP contribution in [0, 0.1) is 0 Å². The zero-order valence-electron chi connectivity index (χ0n) is 17.2. The van der Waals surface area contributed by atoms with Gasteiger partial charge in [-0.15, -0.1) is 0 Å². The van der Waals surface area contributed by atoms with Crippen molar-refractivity contribution >= 4 is 93.6 Å². The first kappa shape index (κ1) is 23.9. The molecule has 0 saturated heterocycles. The Bertz CT molecular complexity index is 1380. The van der Waals surface area contributed by atoms with Crippen molar-refractivity contribution in [3.63, 3.8) is 0 Å². The molecule has 0 aliphatic heterocycles. The average Bonchev–Trinajstić information content (AvgIpc) is 2.86. The Kier molecular flexibility index (Phi) is 7.18. The van der Waals surface area contributed by atoms with Crippen LogP contribution in [0.25, 0.3) is 43.1 Å². The molecule has 0 heterocycles. The first-order valence-corrected chi connectivity index (χ1v) is 11.8. The van der Waals surface area contributed by atoms with Crippen LogP contribution in [0.1, 0.15) is 0 Å². The summed E-state index contributed by atoms with van der Waals surface area (Å²) < 4.78 is 0. The molecule has 5 heteroatoms. The summed E-state index contributed by atoms with van der Waals surface area (Å²) in [5.74, 6) is 0.